The molecule has 0 radical (unpaired) electrons. The predicted octanol–water partition coefficient (Wildman–Crippen LogP) is 5.10. The van der Waals surface area contributed by atoms with Crippen LogP contribution >= 0.6 is 11.6 Å². The van der Waals surface area contributed by atoms with Crippen molar-refractivity contribution >= 4 is 57.4 Å². The van der Waals surface area contributed by atoms with E-state index < -0.39 is 5.41 Å². The van der Waals surface area contributed by atoms with Gasteiger partial charge in [0, 0.05) is 73.0 Å². The van der Waals surface area contributed by atoms with Crippen LogP contribution in [0.3, 0.4) is 0 Å². The van der Waals surface area contributed by atoms with Gasteiger partial charge in [-0.1, -0.05) is 24.3 Å². The highest BCUT2D eigenvalue weighted by molar-refractivity contribution is 6.18. The third-order valence-electron chi connectivity index (χ3n) is 9.11. The van der Waals surface area contributed by atoms with Gasteiger partial charge in [0.15, 0.2) is 17.8 Å². The Labute approximate surface area is 273 Å². The fourth-order valence-corrected chi connectivity index (χ4v) is 6.87. The highest BCUT2D eigenvalue weighted by atomic mass is 35.5. The number of anilines is 1. The number of ether oxygens (including phenoxy) is 2. The molecule has 0 unspecified atom stereocenters. The molecule has 1 fully saturated rings. The number of aromatic amines is 1. The number of aldehydes is 2. The lowest BCUT2D eigenvalue weighted by molar-refractivity contribution is -0.144. The van der Waals surface area contributed by atoms with Crippen molar-refractivity contribution in [2.24, 2.45) is 5.41 Å². The van der Waals surface area contributed by atoms with Gasteiger partial charge in [-0.2, -0.15) is 0 Å². The minimum absolute atomic E-state index is 0.0154. The van der Waals surface area contributed by atoms with E-state index in [-0.39, 0.29) is 18.9 Å². The number of methoxy groups -OCH3 is 1. The lowest BCUT2D eigenvalue weighted by atomic mass is 9.75. The maximum Gasteiger partial charge on any atom is 0.229 e. The van der Waals surface area contributed by atoms with Gasteiger partial charge in [0.05, 0.1) is 24.8 Å². The van der Waals surface area contributed by atoms with Crippen LogP contribution in [0, 0.1) is 5.41 Å². The number of hydrogen-bond donors (Lipinski definition) is 3. The monoisotopic (exact) mass is 648 g/mol. The average molecular weight is 649 g/mol. The third-order valence-corrected chi connectivity index (χ3v) is 9.49. The molecule has 46 heavy (non-hydrogen) atoms. The van der Waals surface area contributed by atoms with Crippen molar-refractivity contribution in [2.45, 2.75) is 25.2 Å². The second-order valence-corrected chi connectivity index (χ2v) is 12.3. The molecular weight excluding hydrogens is 608 g/mol. The number of H-pyrrole nitrogens is 1. The van der Waals surface area contributed by atoms with Crippen LogP contribution in [0.1, 0.15) is 41.2 Å². The summed E-state index contributed by atoms with van der Waals surface area (Å²) < 4.78 is 11.3. The van der Waals surface area contributed by atoms with Crippen LogP contribution < -0.4 is 19.7 Å². The fourth-order valence-electron chi connectivity index (χ4n) is 6.62. The van der Waals surface area contributed by atoms with E-state index in [1.54, 1.807) is 37.3 Å². The molecule has 0 saturated carbocycles. The van der Waals surface area contributed by atoms with E-state index in [2.05, 4.69) is 21.3 Å². The van der Waals surface area contributed by atoms with E-state index in [9.17, 15) is 19.5 Å². The molecule has 6 rings (SSSR count). The highest BCUT2D eigenvalue weighted by Crippen LogP contribution is 2.44. The quantitative estimate of drug-likeness (QED) is 0.160. The average Bonchev–Trinajstić information content (AvgIpc) is 3.64. The molecular formula is C35H41ClN4O6. The van der Waals surface area contributed by atoms with Crippen LogP contribution in [0.5, 0.6) is 17.2 Å². The van der Waals surface area contributed by atoms with Crippen LogP contribution in [0.4, 0.5) is 5.69 Å². The number of phenols is 1. The standard InChI is InChI=1S/C21H27N3O5.C14H14ClNO/c1-24(20(27)21(5-9-25)3-6-22-7-4-21)8-10-29-19-12-15-11-16(14-26)23-17(15)13-18(19)28-2;1-16-8-9(7-15)14-11-5-3-2-4-10(11)13(17)6-12(14)16/h9,11-14,22-23H,3-8,10H2,1-2H3;2-6,9,17H,7-8H2,1H3/t;9-/m.1/s1. The molecule has 2 aliphatic rings. The van der Waals surface area contributed by atoms with E-state index in [4.69, 9.17) is 21.1 Å². The molecule has 0 spiro atoms. The lowest BCUT2D eigenvalue weighted by Crippen LogP contribution is -2.49. The molecule has 3 heterocycles. The number of aromatic hydroxyl groups is 1. The van der Waals surface area contributed by atoms with E-state index in [1.807, 2.05) is 31.3 Å². The fraction of sp³-hybridized carbons (Fsp3) is 0.400. The minimum atomic E-state index is -0.616. The second kappa shape index (κ2) is 14.4. The topological polar surface area (TPSA) is 124 Å². The number of phenolic OH excluding ortho intramolecular Hbond substituents is 1. The maximum atomic E-state index is 13.0. The van der Waals surface area contributed by atoms with Gasteiger partial charge in [-0.25, -0.2) is 0 Å². The molecule has 1 saturated heterocycles. The number of carbonyl (C=O) groups excluding carboxylic acids is 3. The highest BCUT2D eigenvalue weighted by Gasteiger charge is 2.40. The Morgan fingerprint density at radius 2 is 1.87 bits per heavy atom. The molecule has 3 aromatic carbocycles. The van der Waals surface area contributed by atoms with Crippen molar-refractivity contribution < 1.29 is 29.0 Å². The summed E-state index contributed by atoms with van der Waals surface area (Å²) >= 11 is 6.05. The first-order valence-corrected chi connectivity index (χ1v) is 16.0. The number of rotatable bonds is 10. The van der Waals surface area contributed by atoms with Crippen LogP contribution in [-0.2, 0) is 9.59 Å². The molecule has 10 nitrogen and oxygen atoms in total. The molecule has 0 aliphatic carbocycles. The summed E-state index contributed by atoms with van der Waals surface area (Å²) in [7, 11) is 5.33. The summed E-state index contributed by atoms with van der Waals surface area (Å²) in [6, 6.07) is 15.1. The van der Waals surface area contributed by atoms with E-state index in [0.29, 0.717) is 54.1 Å². The van der Waals surface area contributed by atoms with Gasteiger partial charge in [0.2, 0.25) is 5.91 Å². The number of halogens is 1. The number of hydrogen-bond acceptors (Lipinski definition) is 8. The molecule has 11 heteroatoms. The number of likely N-dealkylation sites (N-methyl/N-ethyl adjacent to an activating group) is 2. The molecule has 0 bridgehead atoms. The molecule has 2 aliphatic heterocycles. The first kappa shape index (κ1) is 33.1. The Morgan fingerprint density at radius 1 is 1.13 bits per heavy atom. The van der Waals surface area contributed by atoms with E-state index in [1.165, 1.54) is 5.56 Å². The summed E-state index contributed by atoms with van der Waals surface area (Å²) in [5, 5.41) is 16.2. The zero-order chi connectivity index (χ0) is 32.8. The summed E-state index contributed by atoms with van der Waals surface area (Å²) in [6.07, 6.45) is 3.16. The van der Waals surface area contributed by atoms with Crippen LogP contribution in [-0.4, -0.2) is 93.3 Å². The maximum absolute atomic E-state index is 13.0. The minimum Gasteiger partial charge on any atom is -0.507 e. The Kier molecular flexibility index (Phi) is 10.4. The number of carbonyl (C=O) groups is 3. The molecule has 244 valence electrons. The third kappa shape index (κ3) is 6.64. The normalized spacial score (nSPS) is 16.8. The first-order valence-electron chi connectivity index (χ1n) is 15.5. The Balaban J connectivity index is 0.000000207. The summed E-state index contributed by atoms with van der Waals surface area (Å²) in [5.41, 5.74) is 3.02. The zero-order valence-electron chi connectivity index (χ0n) is 26.5. The van der Waals surface area contributed by atoms with Gasteiger partial charge < -0.3 is 39.5 Å². The summed E-state index contributed by atoms with van der Waals surface area (Å²) in [4.78, 5) is 41.9. The lowest BCUT2D eigenvalue weighted by Gasteiger charge is -2.37. The van der Waals surface area contributed by atoms with Gasteiger partial charge in [0.25, 0.3) is 0 Å². The molecule has 1 amide bonds. The SMILES string of the molecule is CN1C[C@@H](CCl)c2c1cc(O)c1ccccc21.COc1cc2[nH]c(C=O)cc2cc1OCCN(C)C(=O)C1(CC=O)CCNCC1. The van der Waals surface area contributed by atoms with Crippen molar-refractivity contribution in [1.82, 2.24) is 15.2 Å². The van der Waals surface area contributed by atoms with Crippen molar-refractivity contribution in [2.75, 3.05) is 64.8 Å². The first-order chi connectivity index (χ1) is 22.2. The number of piperidine rings is 1. The summed E-state index contributed by atoms with van der Waals surface area (Å²) in [5.74, 6) is 2.39. The van der Waals surface area contributed by atoms with Crippen molar-refractivity contribution in [3.8, 4) is 17.2 Å². The van der Waals surface area contributed by atoms with Crippen LogP contribution in [0.15, 0.2) is 48.5 Å². The van der Waals surface area contributed by atoms with Crippen molar-refractivity contribution in [3.05, 3.63) is 59.8 Å². The number of amides is 1. The zero-order valence-corrected chi connectivity index (χ0v) is 27.2. The van der Waals surface area contributed by atoms with E-state index >= 15 is 0 Å². The van der Waals surface area contributed by atoms with Gasteiger partial charge in [0.1, 0.15) is 18.6 Å². The number of aromatic nitrogens is 1. The van der Waals surface area contributed by atoms with Gasteiger partial charge >= 0.3 is 0 Å². The number of nitrogens with one attached hydrogen (secondary N) is 2. The molecule has 3 N–H and O–H groups in total. The smallest absolute Gasteiger partial charge is 0.229 e. The van der Waals surface area contributed by atoms with Crippen molar-refractivity contribution in [3.63, 3.8) is 0 Å². The van der Waals surface area contributed by atoms with Gasteiger partial charge in [-0.05, 0) is 49.0 Å². The molecule has 4 aromatic rings. The van der Waals surface area contributed by atoms with Gasteiger partial charge in [-0.15, -0.1) is 11.6 Å². The number of benzene rings is 3. The van der Waals surface area contributed by atoms with Crippen LogP contribution in [0.25, 0.3) is 21.7 Å². The van der Waals surface area contributed by atoms with Crippen molar-refractivity contribution in [1.29, 1.82) is 0 Å². The summed E-state index contributed by atoms with van der Waals surface area (Å²) in [6.45, 7) is 3.07. The largest absolute Gasteiger partial charge is 0.507 e. The Morgan fingerprint density at radius 3 is 2.54 bits per heavy atom. The predicted molar refractivity (Wildman–Crippen MR) is 181 cm³/mol. The van der Waals surface area contributed by atoms with Crippen LogP contribution in [0.2, 0.25) is 0 Å². The molecule has 1 atom stereocenters. The Hall–Kier alpha value is -4.28. The second-order valence-electron chi connectivity index (χ2n) is 12.0. The number of alkyl halides is 1. The number of fused-ring (bicyclic) bond motifs is 4. The molecule has 1 aromatic heterocycles. The van der Waals surface area contributed by atoms with E-state index in [0.717, 1.165) is 59.6 Å². The Bertz CT molecular complexity index is 1720. The van der Waals surface area contributed by atoms with Gasteiger partial charge in [-0.3, -0.25) is 9.59 Å². The number of nitrogens with zero attached hydrogens (tertiary/aromatic N) is 2.